The monoisotopic (exact) mass is 258 g/mol. The van der Waals surface area contributed by atoms with E-state index in [0.29, 0.717) is 12.0 Å². The van der Waals surface area contributed by atoms with Gasteiger partial charge in [0.2, 0.25) is 5.95 Å². The molecule has 2 rings (SSSR count). The molecule has 0 radical (unpaired) electrons. The lowest BCUT2D eigenvalue weighted by Crippen LogP contribution is -2.16. The van der Waals surface area contributed by atoms with Gasteiger partial charge in [-0.2, -0.15) is 4.98 Å². The Morgan fingerprint density at radius 3 is 2.79 bits per heavy atom. The van der Waals surface area contributed by atoms with Crippen molar-refractivity contribution in [3.05, 3.63) is 24.3 Å². The Morgan fingerprint density at radius 1 is 1.21 bits per heavy atom. The summed E-state index contributed by atoms with van der Waals surface area (Å²) in [5.74, 6) is 1.16. The summed E-state index contributed by atoms with van der Waals surface area (Å²) in [7, 11) is 0. The molecule has 0 aliphatic carbocycles. The van der Waals surface area contributed by atoms with Crippen molar-refractivity contribution in [1.29, 1.82) is 0 Å². The predicted octanol–water partition coefficient (Wildman–Crippen LogP) is 3.59. The highest BCUT2D eigenvalue weighted by Crippen LogP contribution is 2.22. The number of hydrogen-bond donors (Lipinski definition) is 2. The average Bonchev–Trinajstić information content (AvgIpc) is 2.39. The second-order valence-corrected chi connectivity index (χ2v) is 4.99. The van der Waals surface area contributed by atoms with Crippen molar-refractivity contribution in [3.8, 4) is 0 Å². The standard InChI is InChI=1S/C15H22N4/c1-3-4-5-8-11(2)17-14-12-9-6-7-10-13(12)18-15(16)19-14/h6-7,9-11H,3-5,8H2,1-2H3,(H3,16,17,18,19). The van der Waals surface area contributed by atoms with Gasteiger partial charge < -0.3 is 11.1 Å². The third-order valence-electron chi connectivity index (χ3n) is 3.24. The number of aromatic nitrogens is 2. The first-order chi connectivity index (χ1) is 9.20. The largest absolute Gasteiger partial charge is 0.368 e. The summed E-state index contributed by atoms with van der Waals surface area (Å²) < 4.78 is 0. The molecular weight excluding hydrogens is 236 g/mol. The van der Waals surface area contributed by atoms with Crippen LogP contribution in [-0.2, 0) is 0 Å². The van der Waals surface area contributed by atoms with E-state index in [9.17, 15) is 0 Å². The summed E-state index contributed by atoms with van der Waals surface area (Å²) in [6.07, 6.45) is 4.91. The van der Waals surface area contributed by atoms with Crippen LogP contribution in [0.4, 0.5) is 11.8 Å². The number of hydrogen-bond acceptors (Lipinski definition) is 4. The van der Waals surface area contributed by atoms with Gasteiger partial charge in [-0.25, -0.2) is 4.98 Å². The molecule has 0 fully saturated rings. The van der Waals surface area contributed by atoms with Crippen LogP contribution in [0.5, 0.6) is 0 Å². The second kappa shape index (κ2) is 6.36. The van der Waals surface area contributed by atoms with Crippen molar-refractivity contribution in [2.45, 2.75) is 45.6 Å². The molecule has 0 saturated heterocycles. The smallest absolute Gasteiger partial charge is 0.222 e. The maximum absolute atomic E-state index is 5.76. The van der Waals surface area contributed by atoms with Crippen LogP contribution in [0.3, 0.4) is 0 Å². The van der Waals surface area contributed by atoms with Gasteiger partial charge in [0.15, 0.2) is 0 Å². The van der Waals surface area contributed by atoms with E-state index in [2.05, 4.69) is 29.1 Å². The lowest BCUT2D eigenvalue weighted by Gasteiger charge is -2.16. The molecule has 0 aliphatic heterocycles. The van der Waals surface area contributed by atoms with Crippen molar-refractivity contribution >= 4 is 22.7 Å². The molecule has 102 valence electrons. The first-order valence-electron chi connectivity index (χ1n) is 6.99. The zero-order chi connectivity index (χ0) is 13.7. The molecule has 0 saturated carbocycles. The van der Waals surface area contributed by atoms with E-state index in [1.54, 1.807) is 0 Å². The van der Waals surface area contributed by atoms with Gasteiger partial charge in [-0.15, -0.1) is 0 Å². The molecule has 0 spiro atoms. The summed E-state index contributed by atoms with van der Waals surface area (Å²) in [5, 5.41) is 4.48. The molecule has 1 aromatic carbocycles. The minimum atomic E-state index is 0.321. The molecule has 4 heteroatoms. The SMILES string of the molecule is CCCCCC(C)Nc1nc(N)nc2ccccc12. The van der Waals surface area contributed by atoms with Crippen LogP contribution in [0.25, 0.3) is 10.9 Å². The summed E-state index contributed by atoms with van der Waals surface area (Å²) in [5.41, 5.74) is 6.65. The van der Waals surface area contributed by atoms with Crippen molar-refractivity contribution in [3.63, 3.8) is 0 Å². The molecule has 1 atom stereocenters. The summed E-state index contributed by atoms with van der Waals surface area (Å²) in [6, 6.07) is 8.33. The molecule has 2 aromatic rings. The topological polar surface area (TPSA) is 63.8 Å². The number of benzene rings is 1. The molecule has 1 aromatic heterocycles. The van der Waals surface area contributed by atoms with Gasteiger partial charge in [0, 0.05) is 11.4 Å². The maximum atomic E-state index is 5.76. The highest BCUT2D eigenvalue weighted by molar-refractivity contribution is 5.89. The van der Waals surface area contributed by atoms with Crippen LogP contribution in [0, 0.1) is 0 Å². The Hall–Kier alpha value is -1.84. The third kappa shape index (κ3) is 3.56. The van der Waals surface area contributed by atoms with Crippen LogP contribution in [0.2, 0.25) is 0 Å². The van der Waals surface area contributed by atoms with E-state index in [0.717, 1.165) is 23.1 Å². The fourth-order valence-corrected chi connectivity index (χ4v) is 2.21. The molecule has 4 nitrogen and oxygen atoms in total. The Labute approximate surface area is 114 Å². The highest BCUT2D eigenvalue weighted by atomic mass is 15.1. The van der Waals surface area contributed by atoms with Gasteiger partial charge in [-0.05, 0) is 25.5 Å². The van der Waals surface area contributed by atoms with Crippen LogP contribution in [0.1, 0.15) is 39.5 Å². The van der Waals surface area contributed by atoms with Crippen molar-refractivity contribution < 1.29 is 0 Å². The molecule has 19 heavy (non-hydrogen) atoms. The molecule has 0 aliphatic rings. The van der Waals surface area contributed by atoms with Gasteiger partial charge in [0.05, 0.1) is 5.52 Å². The number of nitrogen functional groups attached to an aromatic ring is 1. The van der Waals surface area contributed by atoms with E-state index in [1.807, 2.05) is 24.3 Å². The predicted molar refractivity (Wildman–Crippen MR) is 81.2 cm³/mol. The molecule has 3 N–H and O–H groups in total. The number of nitrogens with zero attached hydrogens (tertiary/aromatic N) is 2. The maximum Gasteiger partial charge on any atom is 0.222 e. The lowest BCUT2D eigenvalue weighted by atomic mass is 10.1. The summed E-state index contributed by atoms with van der Waals surface area (Å²) in [4.78, 5) is 8.57. The first-order valence-corrected chi connectivity index (χ1v) is 6.99. The number of unbranched alkanes of at least 4 members (excludes halogenated alkanes) is 2. The van der Waals surface area contributed by atoms with Crippen LogP contribution in [-0.4, -0.2) is 16.0 Å². The van der Waals surface area contributed by atoms with Gasteiger partial charge in [0.25, 0.3) is 0 Å². The number of nitrogens with one attached hydrogen (secondary N) is 1. The number of anilines is 2. The fourth-order valence-electron chi connectivity index (χ4n) is 2.21. The van der Waals surface area contributed by atoms with E-state index >= 15 is 0 Å². The average molecular weight is 258 g/mol. The fraction of sp³-hybridized carbons (Fsp3) is 0.467. The highest BCUT2D eigenvalue weighted by Gasteiger charge is 2.08. The summed E-state index contributed by atoms with van der Waals surface area (Å²) in [6.45, 7) is 4.40. The Kier molecular flexibility index (Phi) is 4.55. The number of fused-ring (bicyclic) bond motifs is 1. The van der Waals surface area contributed by atoms with Crippen molar-refractivity contribution in [2.75, 3.05) is 11.1 Å². The summed E-state index contributed by atoms with van der Waals surface area (Å²) >= 11 is 0. The number of rotatable bonds is 6. The van der Waals surface area contributed by atoms with Crippen molar-refractivity contribution in [2.24, 2.45) is 0 Å². The van der Waals surface area contributed by atoms with Crippen LogP contribution >= 0.6 is 0 Å². The van der Waals surface area contributed by atoms with E-state index in [4.69, 9.17) is 5.73 Å². The lowest BCUT2D eigenvalue weighted by molar-refractivity contribution is 0.614. The Balaban J connectivity index is 2.15. The second-order valence-electron chi connectivity index (χ2n) is 4.99. The van der Waals surface area contributed by atoms with Crippen molar-refractivity contribution in [1.82, 2.24) is 9.97 Å². The van der Waals surface area contributed by atoms with E-state index < -0.39 is 0 Å². The molecule has 1 unspecified atom stereocenters. The normalized spacial score (nSPS) is 12.5. The van der Waals surface area contributed by atoms with Gasteiger partial charge >= 0.3 is 0 Å². The van der Waals surface area contributed by atoms with Crippen LogP contribution < -0.4 is 11.1 Å². The van der Waals surface area contributed by atoms with Gasteiger partial charge in [-0.3, -0.25) is 0 Å². The Bertz CT molecular complexity index is 539. The first kappa shape index (κ1) is 13.6. The quantitative estimate of drug-likeness (QED) is 0.777. The molecule has 1 heterocycles. The molecular formula is C15H22N4. The zero-order valence-electron chi connectivity index (χ0n) is 11.7. The van der Waals surface area contributed by atoms with Gasteiger partial charge in [0.1, 0.15) is 5.82 Å². The van der Waals surface area contributed by atoms with Crippen LogP contribution in [0.15, 0.2) is 24.3 Å². The van der Waals surface area contributed by atoms with Gasteiger partial charge in [-0.1, -0.05) is 38.3 Å². The number of para-hydroxylation sites is 1. The number of nitrogens with two attached hydrogens (primary N) is 1. The molecule has 0 amide bonds. The van der Waals surface area contributed by atoms with E-state index in [1.165, 1.54) is 19.3 Å². The molecule has 0 bridgehead atoms. The zero-order valence-corrected chi connectivity index (χ0v) is 11.7. The minimum Gasteiger partial charge on any atom is -0.368 e. The third-order valence-corrected chi connectivity index (χ3v) is 3.24. The minimum absolute atomic E-state index is 0.321. The van der Waals surface area contributed by atoms with E-state index in [-0.39, 0.29) is 0 Å². The Morgan fingerprint density at radius 2 is 2.00 bits per heavy atom.